The van der Waals surface area contributed by atoms with Crippen LogP contribution in [-0.2, 0) is 5.41 Å². The van der Waals surface area contributed by atoms with Crippen LogP contribution in [0.25, 0.3) is 0 Å². The van der Waals surface area contributed by atoms with E-state index < -0.39 is 8.07 Å². The van der Waals surface area contributed by atoms with Gasteiger partial charge in [0.2, 0.25) is 0 Å². The second-order valence-corrected chi connectivity index (χ2v) is 11.4. The van der Waals surface area contributed by atoms with E-state index >= 15 is 0 Å². The summed E-state index contributed by atoms with van der Waals surface area (Å²) in [6.07, 6.45) is 0. The van der Waals surface area contributed by atoms with Crippen LogP contribution in [0.1, 0.15) is 19.4 Å². The van der Waals surface area contributed by atoms with E-state index in [-0.39, 0.29) is 5.41 Å². The average molecular weight is 268 g/mol. The van der Waals surface area contributed by atoms with Crippen molar-refractivity contribution in [3.05, 3.63) is 66.2 Å². The van der Waals surface area contributed by atoms with E-state index in [0.29, 0.717) is 0 Å². The van der Waals surface area contributed by atoms with Crippen molar-refractivity contribution in [3.63, 3.8) is 0 Å². The van der Waals surface area contributed by atoms with Crippen LogP contribution in [0.5, 0.6) is 0 Å². The Hall–Kier alpha value is -1.34. The molecule has 2 aromatic carbocycles. The van der Waals surface area contributed by atoms with Crippen LogP contribution in [0.4, 0.5) is 0 Å². The molecule has 0 heterocycles. The minimum absolute atomic E-state index is 0.243. The minimum Gasteiger partial charge on any atom is -0.0654 e. The quantitative estimate of drug-likeness (QED) is 0.712. The molecule has 19 heavy (non-hydrogen) atoms. The summed E-state index contributed by atoms with van der Waals surface area (Å²) in [6, 6.07) is 23.2. The van der Waals surface area contributed by atoms with Crippen molar-refractivity contribution >= 4 is 13.3 Å². The lowest BCUT2D eigenvalue weighted by Gasteiger charge is -2.34. The molecule has 0 radical (unpaired) electrons. The van der Waals surface area contributed by atoms with Crippen molar-refractivity contribution in [3.8, 4) is 0 Å². The van der Waals surface area contributed by atoms with Crippen LogP contribution in [0.2, 0.25) is 19.1 Å². The van der Waals surface area contributed by atoms with Crippen LogP contribution >= 0.6 is 0 Å². The van der Waals surface area contributed by atoms with Crippen LogP contribution in [0.3, 0.4) is 0 Å². The molecule has 0 amide bonds. The normalized spacial score (nSPS) is 12.4. The zero-order valence-corrected chi connectivity index (χ0v) is 13.5. The molecule has 0 saturated carbocycles. The minimum atomic E-state index is -1.40. The third-order valence-corrected chi connectivity index (χ3v) is 7.66. The fourth-order valence-corrected chi connectivity index (χ4v) is 6.80. The smallest absolute Gasteiger partial charge is 0.0654 e. The van der Waals surface area contributed by atoms with Gasteiger partial charge in [-0.3, -0.25) is 0 Å². The molecule has 0 N–H and O–H groups in total. The molecule has 0 spiro atoms. The first kappa shape index (κ1) is 14.1. The van der Waals surface area contributed by atoms with E-state index in [1.165, 1.54) is 11.6 Å². The molecule has 2 rings (SSSR count). The maximum Gasteiger partial charge on any atom is 0.0814 e. The molecule has 0 aliphatic rings. The summed E-state index contributed by atoms with van der Waals surface area (Å²) in [6.45, 7) is 9.71. The summed E-state index contributed by atoms with van der Waals surface area (Å²) in [5, 5.41) is 1.55. The van der Waals surface area contributed by atoms with Gasteiger partial charge in [-0.15, -0.1) is 0 Å². The summed E-state index contributed by atoms with van der Waals surface area (Å²) < 4.78 is 0. The van der Waals surface area contributed by atoms with Gasteiger partial charge in [-0.25, -0.2) is 0 Å². The van der Waals surface area contributed by atoms with Gasteiger partial charge in [-0.1, -0.05) is 92.8 Å². The third-order valence-electron chi connectivity index (χ3n) is 3.99. The summed E-state index contributed by atoms with van der Waals surface area (Å²) in [5.74, 6) is 0. The van der Waals surface area contributed by atoms with Gasteiger partial charge in [0.1, 0.15) is 0 Å². The van der Waals surface area contributed by atoms with E-state index in [4.69, 9.17) is 0 Å². The number of rotatable bonds is 4. The van der Waals surface area contributed by atoms with Gasteiger partial charge in [-0.05, 0) is 17.0 Å². The van der Waals surface area contributed by atoms with E-state index in [2.05, 4.69) is 87.6 Å². The van der Waals surface area contributed by atoms with E-state index in [1.54, 1.807) is 5.19 Å². The Morgan fingerprint density at radius 1 is 0.789 bits per heavy atom. The molecule has 0 fully saturated rings. The molecule has 1 heteroatoms. The third kappa shape index (κ3) is 3.36. The number of benzene rings is 2. The van der Waals surface area contributed by atoms with Gasteiger partial charge in [0, 0.05) is 0 Å². The SMILES string of the molecule is CC(C)(C[Si](C)(C)c1ccccc1)c1ccccc1. The molecule has 0 unspecified atom stereocenters. The highest BCUT2D eigenvalue weighted by Gasteiger charge is 2.32. The Morgan fingerprint density at radius 2 is 1.26 bits per heavy atom. The predicted octanol–water partition coefficient (Wildman–Crippen LogP) is 4.58. The van der Waals surface area contributed by atoms with Crippen molar-refractivity contribution < 1.29 is 0 Å². The molecule has 0 atom stereocenters. The van der Waals surface area contributed by atoms with E-state index in [0.717, 1.165) is 0 Å². The molecule has 2 aromatic rings. The van der Waals surface area contributed by atoms with Gasteiger partial charge in [-0.2, -0.15) is 0 Å². The average Bonchev–Trinajstić information content (AvgIpc) is 2.40. The maximum absolute atomic E-state index is 2.48. The van der Waals surface area contributed by atoms with E-state index in [9.17, 15) is 0 Å². The molecule has 0 aliphatic heterocycles. The first-order valence-electron chi connectivity index (χ1n) is 7.03. The standard InChI is InChI=1S/C18H24Si/c1-18(2,16-11-7-5-8-12-16)15-19(3,4)17-13-9-6-10-14-17/h5-14H,15H2,1-4H3. The second kappa shape index (κ2) is 5.34. The van der Waals surface area contributed by atoms with Crippen molar-refractivity contribution in [2.75, 3.05) is 0 Å². The summed E-state index contributed by atoms with van der Waals surface area (Å²) in [5.41, 5.74) is 1.69. The van der Waals surface area contributed by atoms with Gasteiger partial charge < -0.3 is 0 Å². The number of hydrogen-bond donors (Lipinski definition) is 0. The Kier molecular flexibility index (Phi) is 3.95. The predicted molar refractivity (Wildman–Crippen MR) is 87.8 cm³/mol. The van der Waals surface area contributed by atoms with Crippen molar-refractivity contribution in [2.24, 2.45) is 0 Å². The highest BCUT2D eigenvalue weighted by atomic mass is 28.3. The molecule has 0 saturated heterocycles. The molecule has 100 valence electrons. The first-order valence-corrected chi connectivity index (χ1v) is 10.2. The van der Waals surface area contributed by atoms with E-state index in [1.807, 2.05) is 0 Å². The highest BCUT2D eigenvalue weighted by molar-refractivity contribution is 6.90. The van der Waals surface area contributed by atoms with Gasteiger partial charge in [0.05, 0.1) is 8.07 Å². The summed E-state index contributed by atoms with van der Waals surface area (Å²) >= 11 is 0. The second-order valence-electron chi connectivity index (χ2n) is 6.68. The van der Waals surface area contributed by atoms with Crippen LogP contribution in [0.15, 0.2) is 60.7 Å². The topological polar surface area (TPSA) is 0 Å². The van der Waals surface area contributed by atoms with Gasteiger partial charge >= 0.3 is 0 Å². The summed E-state index contributed by atoms with van der Waals surface area (Å²) in [4.78, 5) is 0. The molecular formula is C18H24Si. The number of hydrogen-bond acceptors (Lipinski definition) is 0. The fraction of sp³-hybridized carbons (Fsp3) is 0.333. The maximum atomic E-state index is 2.48. The molecule has 0 bridgehead atoms. The molecule has 0 aromatic heterocycles. The van der Waals surface area contributed by atoms with Crippen molar-refractivity contribution in [1.82, 2.24) is 0 Å². The molecule has 0 aliphatic carbocycles. The lowest BCUT2D eigenvalue weighted by molar-refractivity contribution is 0.581. The Bertz CT molecular complexity index is 462. The van der Waals surface area contributed by atoms with Crippen LogP contribution in [0, 0.1) is 0 Å². The monoisotopic (exact) mass is 268 g/mol. The van der Waals surface area contributed by atoms with Crippen LogP contribution in [-0.4, -0.2) is 8.07 Å². The molecular weight excluding hydrogens is 244 g/mol. The van der Waals surface area contributed by atoms with Gasteiger partial charge in [0.15, 0.2) is 0 Å². The fourth-order valence-electron chi connectivity index (χ4n) is 3.09. The lowest BCUT2D eigenvalue weighted by Crippen LogP contribution is -2.45. The van der Waals surface area contributed by atoms with Crippen molar-refractivity contribution in [1.29, 1.82) is 0 Å². The zero-order valence-electron chi connectivity index (χ0n) is 12.5. The first-order chi connectivity index (χ1) is 8.92. The Morgan fingerprint density at radius 3 is 1.79 bits per heavy atom. The lowest BCUT2D eigenvalue weighted by atomic mass is 9.87. The van der Waals surface area contributed by atoms with Crippen LogP contribution < -0.4 is 5.19 Å². The zero-order chi connectivity index (χ0) is 13.9. The summed E-state index contributed by atoms with van der Waals surface area (Å²) in [7, 11) is -1.40. The van der Waals surface area contributed by atoms with Crippen molar-refractivity contribution in [2.45, 2.75) is 38.4 Å². The largest absolute Gasteiger partial charge is 0.0814 e. The molecule has 0 nitrogen and oxygen atoms in total. The highest BCUT2D eigenvalue weighted by Crippen LogP contribution is 2.32. The van der Waals surface area contributed by atoms with Gasteiger partial charge in [0.25, 0.3) is 0 Å². The Labute approximate surface area is 118 Å². The Balaban J connectivity index is 2.25.